The van der Waals surface area contributed by atoms with E-state index in [9.17, 15) is 4.79 Å². The van der Waals surface area contributed by atoms with Crippen LogP contribution in [0.1, 0.15) is 12.5 Å². The van der Waals surface area contributed by atoms with Gasteiger partial charge in [0.15, 0.2) is 0 Å². The quantitative estimate of drug-likeness (QED) is 0.771. The van der Waals surface area contributed by atoms with Gasteiger partial charge in [-0.05, 0) is 49.9 Å². The topological polar surface area (TPSA) is 41.1 Å². The summed E-state index contributed by atoms with van der Waals surface area (Å²) in [4.78, 5) is 13.4. The van der Waals surface area contributed by atoms with Crippen molar-refractivity contribution in [2.75, 3.05) is 16.9 Å². The lowest BCUT2D eigenvalue weighted by molar-refractivity contribution is -0.116. The predicted molar refractivity (Wildman–Crippen MR) is 96.1 cm³/mol. The smallest absolute Gasteiger partial charge is 0.246 e. The molecule has 0 bridgehead atoms. The van der Waals surface area contributed by atoms with Crippen molar-refractivity contribution >= 4 is 40.6 Å². The van der Waals surface area contributed by atoms with Crippen molar-refractivity contribution in [3.8, 4) is 0 Å². The van der Waals surface area contributed by atoms with E-state index in [2.05, 4.69) is 10.6 Å². The zero-order chi connectivity index (χ0) is 16.1. The van der Waals surface area contributed by atoms with Gasteiger partial charge in [-0.25, -0.2) is 0 Å². The minimum absolute atomic E-state index is 0.0850. The third kappa shape index (κ3) is 4.18. The van der Waals surface area contributed by atoms with Crippen molar-refractivity contribution in [2.24, 2.45) is 0 Å². The van der Waals surface area contributed by atoms with E-state index in [4.69, 9.17) is 11.6 Å². The molecule has 0 saturated carbocycles. The lowest BCUT2D eigenvalue weighted by Crippen LogP contribution is -2.32. The van der Waals surface area contributed by atoms with Gasteiger partial charge in [0.1, 0.15) is 6.04 Å². The monoisotopic (exact) mass is 334 g/mol. The molecule has 0 unspecified atom stereocenters. The first-order valence-electron chi connectivity index (χ1n) is 6.98. The molecule has 2 aromatic rings. The summed E-state index contributed by atoms with van der Waals surface area (Å²) in [6, 6.07) is 13.1. The van der Waals surface area contributed by atoms with Gasteiger partial charge in [-0.15, -0.1) is 11.8 Å². The van der Waals surface area contributed by atoms with Crippen molar-refractivity contribution in [3.63, 3.8) is 0 Å². The largest absolute Gasteiger partial charge is 0.374 e. The third-order valence-corrected chi connectivity index (χ3v) is 4.52. The minimum Gasteiger partial charge on any atom is -0.374 e. The standard InChI is InChI=1S/C17H19ClN2OS/c1-11-8-9-13(10-14(11)18)19-12(2)17(21)20-15-6-4-5-7-16(15)22-3/h4-10,12,19H,1-3H3,(H,20,21)/t12-/m0/s1. The Hall–Kier alpha value is -1.65. The number of rotatable bonds is 5. The van der Waals surface area contributed by atoms with Gasteiger partial charge in [-0.1, -0.05) is 29.8 Å². The van der Waals surface area contributed by atoms with Crippen molar-refractivity contribution in [2.45, 2.75) is 24.8 Å². The van der Waals surface area contributed by atoms with Gasteiger partial charge in [-0.2, -0.15) is 0 Å². The highest BCUT2D eigenvalue weighted by Crippen LogP contribution is 2.25. The average molecular weight is 335 g/mol. The van der Waals surface area contributed by atoms with E-state index in [0.29, 0.717) is 5.02 Å². The Kier molecular flexibility index (Phi) is 5.75. The number of para-hydroxylation sites is 1. The maximum absolute atomic E-state index is 12.3. The normalized spacial score (nSPS) is 11.8. The van der Waals surface area contributed by atoms with Crippen LogP contribution in [0.15, 0.2) is 47.4 Å². The van der Waals surface area contributed by atoms with Crippen LogP contribution in [0, 0.1) is 6.92 Å². The summed E-state index contributed by atoms with van der Waals surface area (Å²) in [5.41, 5.74) is 2.67. The van der Waals surface area contributed by atoms with E-state index >= 15 is 0 Å². The van der Waals surface area contributed by atoms with Crippen LogP contribution in [-0.4, -0.2) is 18.2 Å². The van der Waals surface area contributed by atoms with Crippen molar-refractivity contribution < 1.29 is 4.79 Å². The number of benzene rings is 2. The molecular formula is C17H19ClN2OS. The second kappa shape index (κ2) is 7.56. The van der Waals surface area contributed by atoms with Crippen LogP contribution in [0.2, 0.25) is 5.02 Å². The second-order valence-electron chi connectivity index (χ2n) is 5.02. The molecule has 0 aromatic heterocycles. The molecular weight excluding hydrogens is 316 g/mol. The average Bonchev–Trinajstić information content (AvgIpc) is 2.51. The molecule has 0 aliphatic rings. The van der Waals surface area contributed by atoms with Gasteiger partial charge >= 0.3 is 0 Å². The van der Waals surface area contributed by atoms with Crippen LogP contribution in [0.5, 0.6) is 0 Å². The molecule has 2 aromatic carbocycles. The number of thioether (sulfide) groups is 1. The number of hydrogen-bond donors (Lipinski definition) is 2. The van der Waals surface area contributed by atoms with Gasteiger partial charge in [0.05, 0.1) is 5.69 Å². The molecule has 1 amide bonds. The van der Waals surface area contributed by atoms with E-state index in [1.165, 1.54) is 0 Å². The Morgan fingerprint density at radius 1 is 1.23 bits per heavy atom. The van der Waals surface area contributed by atoms with Crippen molar-refractivity contribution in [1.82, 2.24) is 0 Å². The number of amides is 1. The number of anilines is 2. The summed E-state index contributed by atoms with van der Waals surface area (Å²) in [7, 11) is 0. The molecule has 22 heavy (non-hydrogen) atoms. The Morgan fingerprint density at radius 3 is 2.64 bits per heavy atom. The number of carbonyl (C=O) groups is 1. The highest BCUT2D eigenvalue weighted by Gasteiger charge is 2.14. The molecule has 2 N–H and O–H groups in total. The summed E-state index contributed by atoms with van der Waals surface area (Å²) in [6.07, 6.45) is 1.99. The number of halogens is 1. The van der Waals surface area contributed by atoms with Crippen molar-refractivity contribution in [1.29, 1.82) is 0 Å². The van der Waals surface area contributed by atoms with Crippen LogP contribution >= 0.6 is 23.4 Å². The molecule has 2 rings (SSSR count). The fraction of sp³-hybridized carbons (Fsp3) is 0.235. The lowest BCUT2D eigenvalue weighted by atomic mass is 10.2. The van der Waals surface area contributed by atoms with Gasteiger partial charge in [0, 0.05) is 15.6 Å². The van der Waals surface area contributed by atoms with E-state index in [-0.39, 0.29) is 11.9 Å². The molecule has 0 aliphatic carbocycles. The third-order valence-electron chi connectivity index (χ3n) is 3.31. The van der Waals surface area contributed by atoms with Gasteiger partial charge in [0.2, 0.25) is 5.91 Å². The molecule has 0 heterocycles. The van der Waals surface area contributed by atoms with E-state index < -0.39 is 0 Å². The van der Waals surface area contributed by atoms with E-state index in [0.717, 1.165) is 21.8 Å². The first kappa shape index (κ1) is 16.7. The molecule has 0 fully saturated rings. The van der Waals surface area contributed by atoms with Crippen LogP contribution in [0.3, 0.4) is 0 Å². The van der Waals surface area contributed by atoms with Gasteiger partial charge < -0.3 is 10.6 Å². The summed E-state index contributed by atoms with van der Waals surface area (Å²) in [6.45, 7) is 3.77. The SMILES string of the molecule is CSc1ccccc1NC(=O)[C@H](C)Nc1ccc(C)c(Cl)c1. The first-order chi connectivity index (χ1) is 10.5. The van der Waals surface area contributed by atoms with Crippen LogP contribution in [0.4, 0.5) is 11.4 Å². The molecule has 0 radical (unpaired) electrons. The zero-order valence-corrected chi connectivity index (χ0v) is 14.4. The minimum atomic E-state index is -0.367. The maximum Gasteiger partial charge on any atom is 0.246 e. The summed E-state index contributed by atoms with van der Waals surface area (Å²) >= 11 is 7.71. The fourth-order valence-corrected chi connectivity index (χ4v) is 2.72. The Labute approximate surface area is 140 Å². The number of nitrogens with one attached hydrogen (secondary N) is 2. The Bertz CT molecular complexity index is 675. The first-order valence-corrected chi connectivity index (χ1v) is 8.58. The summed E-state index contributed by atoms with van der Waals surface area (Å²) in [5.74, 6) is -0.0850. The van der Waals surface area contributed by atoms with E-state index in [1.54, 1.807) is 11.8 Å². The predicted octanol–water partition coefficient (Wildman–Crippen LogP) is 4.81. The van der Waals surface area contributed by atoms with Gasteiger partial charge in [0.25, 0.3) is 0 Å². The molecule has 0 aliphatic heterocycles. The molecule has 116 valence electrons. The second-order valence-corrected chi connectivity index (χ2v) is 6.27. The Balaban J connectivity index is 2.04. The number of hydrogen-bond acceptors (Lipinski definition) is 3. The zero-order valence-electron chi connectivity index (χ0n) is 12.8. The van der Waals surface area contributed by atoms with Crippen LogP contribution in [0.25, 0.3) is 0 Å². The van der Waals surface area contributed by atoms with Crippen molar-refractivity contribution in [3.05, 3.63) is 53.1 Å². The fourth-order valence-electron chi connectivity index (χ4n) is 1.99. The Morgan fingerprint density at radius 2 is 1.95 bits per heavy atom. The van der Waals surface area contributed by atoms with Gasteiger partial charge in [-0.3, -0.25) is 4.79 Å². The molecule has 5 heteroatoms. The highest BCUT2D eigenvalue weighted by molar-refractivity contribution is 7.98. The molecule has 3 nitrogen and oxygen atoms in total. The number of carbonyl (C=O) groups excluding carboxylic acids is 1. The van der Waals surface area contributed by atoms with E-state index in [1.807, 2.05) is 62.6 Å². The van der Waals surface area contributed by atoms with Crippen LogP contribution < -0.4 is 10.6 Å². The maximum atomic E-state index is 12.3. The molecule has 0 saturated heterocycles. The molecule has 1 atom stereocenters. The lowest BCUT2D eigenvalue weighted by Gasteiger charge is -2.17. The number of aryl methyl sites for hydroxylation is 1. The molecule has 0 spiro atoms. The van der Waals surface area contributed by atoms with Crippen LogP contribution in [-0.2, 0) is 4.79 Å². The summed E-state index contributed by atoms with van der Waals surface area (Å²) < 4.78 is 0. The highest BCUT2D eigenvalue weighted by atomic mass is 35.5. The summed E-state index contributed by atoms with van der Waals surface area (Å²) in [5, 5.41) is 6.80.